The maximum absolute atomic E-state index is 5.50. The van der Waals surface area contributed by atoms with Gasteiger partial charge in [-0.1, -0.05) is 6.92 Å². The van der Waals surface area contributed by atoms with Crippen LogP contribution in [0.2, 0.25) is 0 Å². The van der Waals surface area contributed by atoms with E-state index in [2.05, 4.69) is 46.4 Å². The van der Waals surface area contributed by atoms with Gasteiger partial charge in [0.15, 0.2) is 11.6 Å². The van der Waals surface area contributed by atoms with E-state index in [0.29, 0.717) is 17.8 Å². The van der Waals surface area contributed by atoms with E-state index in [4.69, 9.17) is 4.74 Å². The first kappa shape index (κ1) is 15.8. The molecule has 0 saturated carbocycles. The molecule has 6 heteroatoms. The van der Waals surface area contributed by atoms with Crippen molar-refractivity contribution < 1.29 is 4.74 Å². The van der Waals surface area contributed by atoms with Crippen molar-refractivity contribution in [2.75, 3.05) is 37.9 Å². The molecule has 2 unspecified atom stereocenters. The Hall–Kier alpha value is -1.56. The van der Waals surface area contributed by atoms with E-state index in [0.717, 1.165) is 44.0 Å². The van der Waals surface area contributed by atoms with Gasteiger partial charge in [-0.25, -0.2) is 9.97 Å². The second kappa shape index (κ2) is 7.45. The standard InChI is InChI=1S/C15H27N5O/c1-5-7-16-14-13(21-4)15(18-10-17-14)19-12-6-8-20(3)11(2)9-12/h10-12H,5-9H2,1-4H3,(H2,16,17,18,19). The SMILES string of the molecule is CCCNc1ncnc(NC2CCN(C)C(C)C2)c1OC. The van der Waals surface area contributed by atoms with E-state index in [-0.39, 0.29) is 0 Å². The Morgan fingerprint density at radius 1 is 1.38 bits per heavy atom. The lowest BCUT2D eigenvalue weighted by Crippen LogP contribution is -2.42. The summed E-state index contributed by atoms with van der Waals surface area (Å²) >= 11 is 0. The van der Waals surface area contributed by atoms with Crippen LogP contribution in [0.15, 0.2) is 6.33 Å². The fourth-order valence-corrected chi connectivity index (χ4v) is 2.65. The van der Waals surface area contributed by atoms with Gasteiger partial charge in [-0.3, -0.25) is 0 Å². The molecule has 118 valence electrons. The first-order valence-electron chi connectivity index (χ1n) is 7.75. The smallest absolute Gasteiger partial charge is 0.204 e. The summed E-state index contributed by atoms with van der Waals surface area (Å²) in [6.45, 7) is 6.37. The highest BCUT2D eigenvalue weighted by atomic mass is 16.5. The Balaban J connectivity index is 2.08. The summed E-state index contributed by atoms with van der Waals surface area (Å²) < 4.78 is 5.50. The first-order chi connectivity index (χ1) is 10.2. The number of nitrogens with zero attached hydrogens (tertiary/aromatic N) is 3. The Kier molecular flexibility index (Phi) is 5.61. The lowest BCUT2D eigenvalue weighted by atomic mass is 9.99. The fraction of sp³-hybridized carbons (Fsp3) is 0.733. The zero-order chi connectivity index (χ0) is 15.2. The van der Waals surface area contributed by atoms with Gasteiger partial charge in [0.1, 0.15) is 6.33 Å². The van der Waals surface area contributed by atoms with Crippen LogP contribution in [0.1, 0.15) is 33.1 Å². The summed E-state index contributed by atoms with van der Waals surface area (Å²) in [5, 5.41) is 6.81. The average molecular weight is 293 g/mol. The minimum absolute atomic E-state index is 0.430. The van der Waals surface area contributed by atoms with Crippen molar-refractivity contribution >= 4 is 11.6 Å². The topological polar surface area (TPSA) is 62.3 Å². The van der Waals surface area contributed by atoms with Gasteiger partial charge in [0, 0.05) is 25.2 Å². The van der Waals surface area contributed by atoms with Crippen molar-refractivity contribution in [2.24, 2.45) is 0 Å². The Bertz CT molecular complexity index is 454. The molecule has 1 saturated heterocycles. The van der Waals surface area contributed by atoms with Crippen LogP contribution in [0.5, 0.6) is 5.75 Å². The molecular formula is C15H27N5O. The maximum Gasteiger partial charge on any atom is 0.204 e. The van der Waals surface area contributed by atoms with Crippen LogP contribution < -0.4 is 15.4 Å². The number of aromatic nitrogens is 2. The molecule has 1 aromatic rings. The zero-order valence-electron chi connectivity index (χ0n) is 13.5. The molecule has 0 aliphatic carbocycles. The summed E-state index contributed by atoms with van der Waals surface area (Å²) in [6.07, 6.45) is 4.86. The van der Waals surface area contributed by atoms with Crippen LogP contribution in [0, 0.1) is 0 Å². The molecule has 0 spiro atoms. The highest BCUT2D eigenvalue weighted by Crippen LogP contribution is 2.30. The average Bonchev–Trinajstić information content (AvgIpc) is 2.49. The molecule has 2 rings (SSSR count). The zero-order valence-corrected chi connectivity index (χ0v) is 13.5. The largest absolute Gasteiger partial charge is 0.490 e. The van der Waals surface area contributed by atoms with Crippen LogP contribution in [-0.2, 0) is 0 Å². The summed E-state index contributed by atoms with van der Waals surface area (Å²) in [5.74, 6) is 2.25. The predicted molar refractivity (Wildman–Crippen MR) is 86.1 cm³/mol. The van der Waals surface area contributed by atoms with Crippen molar-refractivity contribution in [3.8, 4) is 5.75 Å². The van der Waals surface area contributed by atoms with Gasteiger partial charge in [-0.05, 0) is 33.2 Å². The maximum atomic E-state index is 5.50. The molecule has 0 bridgehead atoms. The van der Waals surface area contributed by atoms with E-state index in [1.54, 1.807) is 13.4 Å². The monoisotopic (exact) mass is 293 g/mol. The lowest BCUT2D eigenvalue weighted by Gasteiger charge is -2.35. The molecule has 2 atom stereocenters. The van der Waals surface area contributed by atoms with E-state index in [9.17, 15) is 0 Å². The summed E-state index contributed by atoms with van der Waals surface area (Å²) in [6, 6.07) is 1.01. The minimum atomic E-state index is 0.430. The summed E-state index contributed by atoms with van der Waals surface area (Å²) in [4.78, 5) is 11.0. The molecule has 2 N–H and O–H groups in total. The van der Waals surface area contributed by atoms with Crippen LogP contribution in [0.4, 0.5) is 11.6 Å². The molecule has 0 amide bonds. The van der Waals surface area contributed by atoms with Crippen molar-refractivity contribution in [3.05, 3.63) is 6.33 Å². The van der Waals surface area contributed by atoms with E-state index in [1.807, 2.05) is 0 Å². The highest BCUT2D eigenvalue weighted by molar-refractivity contribution is 5.63. The Morgan fingerprint density at radius 2 is 2.14 bits per heavy atom. The van der Waals surface area contributed by atoms with Crippen molar-refractivity contribution in [3.63, 3.8) is 0 Å². The molecule has 21 heavy (non-hydrogen) atoms. The molecule has 2 heterocycles. The lowest BCUT2D eigenvalue weighted by molar-refractivity contribution is 0.190. The third kappa shape index (κ3) is 3.97. The van der Waals surface area contributed by atoms with Crippen molar-refractivity contribution in [1.29, 1.82) is 0 Å². The molecule has 1 fully saturated rings. The predicted octanol–water partition coefficient (Wildman–Crippen LogP) is 2.20. The van der Waals surface area contributed by atoms with Crippen molar-refractivity contribution in [2.45, 2.75) is 45.2 Å². The third-order valence-electron chi connectivity index (χ3n) is 4.10. The Morgan fingerprint density at radius 3 is 2.81 bits per heavy atom. The molecule has 1 aliphatic rings. The number of piperidine rings is 1. The summed E-state index contributed by atoms with van der Waals surface area (Å²) in [7, 11) is 3.84. The van der Waals surface area contributed by atoms with Gasteiger partial charge in [0.2, 0.25) is 5.75 Å². The minimum Gasteiger partial charge on any atom is -0.490 e. The first-order valence-corrected chi connectivity index (χ1v) is 7.75. The van der Waals surface area contributed by atoms with E-state index in [1.165, 1.54) is 0 Å². The molecule has 0 aromatic carbocycles. The normalized spacial score (nSPS) is 22.9. The van der Waals surface area contributed by atoms with Gasteiger partial charge in [0.25, 0.3) is 0 Å². The molecular weight excluding hydrogens is 266 g/mol. The molecule has 6 nitrogen and oxygen atoms in total. The highest BCUT2D eigenvalue weighted by Gasteiger charge is 2.24. The van der Waals surface area contributed by atoms with Gasteiger partial charge in [-0.15, -0.1) is 0 Å². The van der Waals surface area contributed by atoms with Gasteiger partial charge in [-0.2, -0.15) is 0 Å². The number of ether oxygens (including phenoxy) is 1. The van der Waals surface area contributed by atoms with Crippen LogP contribution in [0.25, 0.3) is 0 Å². The second-order valence-electron chi connectivity index (χ2n) is 5.73. The van der Waals surface area contributed by atoms with Crippen LogP contribution in [-0.4, -0.2) is 54.2 Å². The van der Waals surface area contributed by atoms with Gasteiger partial charge >= 0.3 is 0 Å². The molecule has 0 radical (unpaired) electrons. The number of nitrogens with one attached hydrogen (secondary N) is 2. The number of hydrogen-bond donors (Lipinski definition) is 2. The number of anilines is 2. The van der Waals surface area contributed by atoms with Crippen molar-refractivity contribution in [1.82, 2.24) is 14.9 Å². The summed E-state index contributed by atoms with van der Waals surface area (Å²) in [5.41, 5.74) is 0. The van der Waals surface area contributed by atoms with Crippen LogP contribution in [0.3, 0.4) is 0 Å². The molecule has 1 aliphatic heterocycles. The van der Waals surface area contributed by atoms with Gasteiger partial charge < -0.3 is 20.3 Å². The van der Waals surface area contributed by atoms with E-state index >= 15 is 0 Å². The van der Waals surface area contributed by atoms with Gasteiger partial charge in [0.05, 0.1) is 7.11 Å². The second-order valence-corrected chi connectivity index (χ2v) is 5.73. The molecule has 1 aromatic heterocycles. The van der Waals surface area contributed by atoms with E-state index < -0.39 is 0 Å². The fourth-order valence-electron chi connectivity index (χ4n) is 2.65. The third-order valence-corrected chi connectivity index (χ3v) is 4.10. The number of rotatable bonds is 6. The van der Waals surface area contributed by atoms with Crippen LogP contribution >= 0.6 is 0 Å². The quantitative estimate of drug-likeness (QED) is 0.838. The Labute approximate surface area is 127 Å². The number of methoxy groups -OCH3 is 1. The number of hydrogen-bond acceptors (Lipinski definition) is 6. The number of likely N-dealkylation sites (tertiary alicyclic amines) is 1.